The van der Waals surface area contributed by atoms with Crippen LogP contribution in [0.3, 0.4) is 0 Å². The van der Waals surface area contributed by atoms with E-state index in [-0.39, 0.29) is 5.91 Å². The quantitative estimate of drug-likeness (QED) is 0.812. The molecule has 1 aromatic rings. The van der Waals surface area contributed by atoms with Gasteiger partial charge < -0.3 is 15.0 Å². The van der Waals surface area contributed by atoms with Gasteiger partial charge in [-0.2, -0.15) is 0 Å². The van der Waals surface area contributed by atoms with E-state index in [0.717, 1.165) is 37.9 Å². The summed E-state index contributed by atoms with van der Waals surface area (Å²) in [6.45, 7) is 3.02. The second-order valence-electron chi connectivity index (χ2n) is 5.97. The Hall–Kier alpha value is -1.39. The number of carbonyl (C=O) groups excluding carboxylic acids is 1. The predicted octanol–water partition coefficient (Wildman–Crippen LogP) is 1.80. The second-order valence-corrected chi connectivity index (χ2v) is 5.97. The lowest BCUT2D eigenvalue weighted by Gasteiger charge is -2.36. The molecule has 116 valence electrons. The Morgan fingerprint density at radius 2 is 1.90 bits per heavy atom. The number of hydrogen-bond acceptors (Lipinski definition) is 3. The minimum Gasteiger partial charge on any atom is -0.381 e. The van der Waals surface area contributed by atoms with Crippen LogP contribution in [0.1, 0.15) is 24.8 Å². The van der Waals surface area contributed by atoms with Crippen LogP contribution in [0.2, 0.25) is 0 Å². The molecular weight excluding hydrogens is 264 g/mol. The van der Waals surface area contributed by atoms with Crippen molar-refractivity contribution >= 4 is 5.91 Å². The molecule has 1 aromatic carbocycles. The first-order chi connectivity index (χ1) is 10.1. The smallest absolute Gasteiger partial charge is 0.230 e. The van der Waals surface area contributed by atoms with Crippen molar-refractivity contribution < 1.29 is 9.53 Å². The van der Waals surface area contributed by atoms with Crippen molar-refractivity contribution in [2.24, 2.45) is 0 Å². The van der Waals surface area contributed by atoms with Crippen molar-refractivity contribution in [3.63, 3.8) is 0 Å². The third kappa shape index (κ3) is 4.05. The van der Waals surface area contributed by atoms with Crippen molar-refractivity contribution in [3.8, 4) is 0 Å². The highest BCUT2D eigenvalue weighted by Crippen LogP contribution is 2.35. The predicted molar refractivity (Wildman–Crippen MR) is 84.4 cm³/mol. The molecule has 2 rings (SSSR count). The van der Waals surface area contributed by atoms with Gasteiger partial charge >= 0.3 is 0 Å². The highest BCUT2D eigenvalue weighted by molar-refractivity contribution is 5.88. The van der Waals surface area contributed by atoms with Gasteiger partial charge in [-0.15, -0.1) is 0 Å². The van der Waals surface area contributed by atoms with E-state index in [2.05, 4.69) is 22.3 Å². The number of carbonyl (C=O) groups is 1. The lowest BCUT2D eigenvalue weighted by molar-refractivity contribution is -0.130. The Morgan fingerprint density at radius 1 is 1.24 bits per heavy atom. The van der Waals surface area contributed by atoms with Gasteiger partial charge in [-0.25, -0.2) is 0 Å². The highest BCUT2D eigenvalue weighted by atomic mass is 16.5. The van der Waals surface area contributed by atoms with Crippen LogP contribution in [0.4, 0.5) is 0 Å². The molecule has 1 amide bonds. The van der Waals surface area contributed by atoms with E-state index in [1.54, 1.807) is 0 Å². The molecule has 0 unspecified atom stereocenters. The average molecular weight is 290 g/mol. The molecule has 0 atom stereocenters. The Kier molecular flexibility index (Phi) is 5.76. The fourth-order valence-corrected chi connectivity index (χ4v) is 2.89. The van der Waals surface area contributed by atoms with Crippen molar-refractivity contribution in [3.05, 3.63) is 35.9 Å². The number of ether oxygens (including phenoxy) is 1. The standard InChI is InChI=1S/C17H26N2O2/c1-19(2)12-6-11-18-16(20)17(9-13-21-14-10-17)15-7-4-3-5-8-15/h3-5,7-8H,6,9-14H2,1-2H3,(H,18,20). The number of hydrogen-bond donors (Lipinski definition) is 1. The van der Waals surface area contributed by atoms with E-state index in [4.69, 9.17) is 4.74 Å². The summed E-state index contributed by atoms with van der Waals surface area (Å²) in [4.78, 5) is 14.9. The van der Waals surface area contributed by atoms with E-state index in [1.165, 1.54) is 0 Å². The van der Waals surface area contributed by atoms with Gasteiger partial charge in [0.05, 0.1) is 5.41 Å². The van der Waals surface area contributed by atoms with Crippen molar-refractivity contribution in [2.75, 3.05) is 40.4 Å². The molecule has 0 aliphatic carbocycles. The van der Waals surface area contributed by atoms with Gasteiger partial charge in [0.2, 0.25) is 5.91 Å². The van der Waals surface area contributed by atoms with Crippen LogP contribution in [0, 0.1) is 0 Å². The zero-order valence-corrected chi connectivity index (χ0v) is 13.1. The summed E-state index contributed by atoms with van der Waals surface area (Å²) in [6, 6.07) is 10.1. The molecule has 1 N–H and O–H groups in total. The van der Waals surface area contributed by atoms with Crippen molar-refractivity contribution in [1.82, 2.24) is 10.2 Å². The van der Waals surface area contributed by atoms with Crippen LogP contribution in [-0.2, 0) is 14.9 Å². The van der Waals surface area contributed by atoms with Crippen LogP contribution in [0.15, 0.2) is 30.3 Å². The number of rotatable bonds is 6. The molecule has 0 spiro atoms. The number of nitrogens with one attached hydrogen (secondary N) is 1. The summed E-state index contributed by atoms with van der Waals surface area (Å²) in [5.74, 6) is 0.149. The summed E-state index contributed by atoms with van der Waals surface area (Å²) < 4.78 is 5.47. The summed E-state index contributed by atoms with van der Waals surface area (Å²) in [5.41, 5.74) is 0.691. The zero-order chi connectivity index (χ0) is 15.1. The average Bonchev–Trinajstić information content (AvgIpc) is 2.52. The number of amides is 1. The SMILES string of the molecule is CN(C)CCCNC(=O)C1(c2ccccc2)CCOCC1. The molecule has 1 aliphatic rings. The molecule has 1 heterocycles. The lowest BCUT2D eigenvalue weighted by atomic mass is 9.73. The first-order valence-corrected chi connectivity index (χ1v) is 7.71. The Labute approximate surface area is 127 Å². The van der Waals surface area contributed by atoms with Gasteiger partial charge in [0.1, 0.15) is 0 Å². The molecule has 4 heteroatoms. The van der Waals surface area contributed by atoms with E-state index >= 15 is 0 Å². The van der Waals surface area contributed by atoms with E-state index < -0.39 is 5.41 Å². The fourth-order valence-electron chi connectivity index (χ4n) is 2.89. The third-order valence-electron chi connectivity index (χ3n) is 4.18. The molecule has 0 bridgehead atoms. The molecule has 21 heavy (non-hydrogen) atoms. The molecule has 1 saturated heterocycles. The molecule has 1 aliphatic heterocycles. The van der Waals surface area contributed by atoms with Crippen molar-refractivity contribution in [1.29, 1.82) is 0 Å². The summed E-state index contributed by atoms with van der Waals surface area (Å²) in [5, 5.41) is 3.13. The van der Waals surface area contributed by atoms with Gasteiger partial charge in [-0.1, -0.05) is 30.3 Å². The topological polar surface area (TPSA) is 41.6 Å². The first-order valence-electron chi connectivity index (χ1n) is 7.71. The lowest BCUT2D eigenvalue weighted by Crippen LogP contribution is -2.48. The first kappa shape index (κ1) is 16.0. The summed E-state index contributed by atoms with van der Waals surface area (Å²) in [7, 11) is 4.09. The Morgan fingerprint density at radius 3 is 2.52 bits per heavy atom. The van der Waals surface area contributed by atoms with Crippen LogP contribution in [-0.4, -0.2) is 51.2 Å². The molecule has 0 saturated carbocycles. The minimum absolute atomic E-state index is 0.149. The second kappa shape index (κ2) is 7.57. The van der Waals surface area contributed by atoms with Gasteiger partial charge in [0.25, 0.3) is 0 Å². The molecular formula is C17H26N2O2. The molecule has 0 aromatic heterocycles. The monoisotopic (exact) mass is 290 g/mol. The van der Waals surface area contributed by atoms with Gasteiger partial charge in [-0.3, -0.25) is 4.79 Å². The molecule has 0 radical (unpaired) electrons. The number of nitrogens with zero attached hydrogens (tertiary/aromatic N) is 1. The summed E-state index contributed by atoms with van der Waals surface area (Å²) >= 11 is 0. The van der Waals surface area contributed by atoms with Crippen LogP contribution < -0.4 is 5.32 Å². The zero-order valence-electron chi connectivity index (χ0n) is 13.1. The maximum Gasteiger partial charge on any atom is 0.230 e. The maximum atomic E-state index is 12.8. The van der Waals surface area contributed by atoms with E-state index in [1.807, 2.05) is 32.3 Å². The van der Waals surface area contributed by atoms with Gasteiger partial charge in [-0.05, 0) is 45.5 Å². The highest BCUT2D eigenvalue weighted by Gasteiger charge is 2.41. The Bertz CT molecular complexity index is 439. The fraction of sp³-hybridized carbons (Fsp3) is 0.588. The Balaban J connectivity index is 2.04. The van der Waals surface area contributed by atoms with E-state index in [0.29, 0.717) is 13.2 Å². The normalized spacial score (nSPS) is 17.7. The maximum absolute atomic E-state index is 12.8. The van der Waals surface area contributed by atoms with Crippen LogP contribution >= 0.6 is 0 Å². The van der Waals surface area contributed by atoms with Gasteiger partial charge in [0.15, 0.2) is 0 Å². The van der Waals surface area contributed by atoms with Crippen LogP contribution in [0.25, 0.3) is 0 Å². The third-order valence-corrected chi connectivity index (χ3v) is 4.18. The van der Waals surface area contributed by atoms with Crippen LogP contribution in [0.5, 0.6) is 0 Å². The minimum atomic E-state index is -0.419. The molecule has 1 fully saturated rings. The van der Waals surface area contributed by atoms with Crippen molar-refractivity contribution in [2.45, 2.75) is 24.7 Å². The number of benzene rings is 1. The van der Waals surface area contributed by atoms with Gasteiger partial charge in [0, 0.05) is 19.8 Å². The summed E-state index contributed by atoms with van der Waals surface area (Å²) in [6.07, 6.45) is 2.49. The van der Waals surface area contributed by atoms with E-state index in [9.17, 15) is 4.79 Å². The largest absolute Gasteiger partial charge is 0.381 e. The molecule has 4 nitrogen and oxygen atoms in total.